The van der Waals surface area contributed by atoms with Gasteiger partial charge in [0.05, 0.1) is 0 Å². The monoisotopic (exact) mass is 465 g/mol. The second-order valence-corrected chi connectivity index (χ2v) is 9.76. The molecule has 1 heterocycles. The van der Waals surface area contributed by atoms with E-state index in [1.165, 1.54) is 4.90 Å². The molecule has 0 radical (unpaired) electrons. The summed E-state index contributed by atoms with van der Waals surface area (Å²) in [7, 11) is 0. The lowest BCUT2D eigenvalue weighted by Crippen LogP contribution is -2.57. The van der Waals surface area contributed by atoms with Crippen LogP contribution in [-0.4, -0.2) is 51.5 Å². The highest BCUT2D eigenvalue weighted by Gasteiger charge is 2.44. The summed E-state index contributed by atoms with van der Waals surface area (Å²) in [5, 5.41) is 2.73. The number of carbonyl (C=O) groups excluding carboxylic acids is 3. The fraction of sp³-hybridized carbons (Fsp3) is 0.824. The molecule has 25 heavy (non-hydrogen) atoms. The number of rotatable bonds is 4. The number of amides is 3. The van der Waals surface area contributed by atoms with E-state index in [4.69, 9.17) is 10.5 Å². The van der Waals surface area contributed by atoms with Crippen molar-refractivity contribution in [3.63, 3.8) is 0 Å². The van der Waals surface area contributed by atoms with E-state index in [2.05, 4.69) is 27.9 Å². The SMILES string of the molecule is CC(C)(C)[C@H](NC(=O)OC1CCCC1)C(=O)N1C[C@@H](I)C[C@H]1C(N)=O. The van der Waals surface area contributed by atoms with Gasteiger partial charge in [-0.05, 0) is 37.5 Å². The van der Waals surface area contributed by atoms with Crippen molar-refractivity contribution in [1.29, 1.82) is 0 Å². The number of likely N-dealkylation sites (tertiary alicyclic amines) is 1. The number of carbonyl (C=O) groups is 3. The number of hydrogen-bond donors (Lipinski definition) is 2. The molecule has 2 aliphatic rings. The van der Waals surface area contributed by atoms with Crippen molar-refractivity contribution >= 4 is 40.5 Å². The van der Waals surface area contributed by atoms with E-state index < -0.39 is 29.5 Å². The van der Waals surface area contributed by atoms with E-state index in [0.29, 0.717) is 13.0 Å². The molecule has 0 aromatic carbocycles. The molecule has 3 atom stereocenters. The van der Waals surface area contributed by atoms with Gasteiger partial charge in [0, 0.05) is 10.5 Å². The second kappa shape index (κ2) is 8.09. The summed E-state index contributed by atoms with van der Waals surface area (Å²) in [6.07, 6.45) is 3.77. The minimum absolute atomic E-state index is 0.0698. The minimum atomic E-state index is -0.773. The third kappa shape index (κ3) is 5.21. The topological polar surface area (TPSA) is 102 Å². The molecule has 0 aromatic heterocycles. The predicted octanol–water partition coefficient (Wildman–Crippen LogP) is 1.96. The van der Waals surface area contributed by atoms with Crippen LogP contribution in [0.3, 0.4) is 0 Å². The van der Waals surface area contributed by atoms with Crippen molar-refractivity contribution in [2.24, 2.45) is 11.1 Å². The van der Waals surface area contributed by atoms with Crippen molar-refractivity contribution < 1.29 is 19.1 Å². The predicted molar refractivity (Wildman–Crippen MR) is 102 cm³/mol. The standard InChI is InChI=1S/C17H28IN3O4/c1-17(2,3)13(20-16(24)25-11-6-4-5-7-11)15(23)21-9-10(18)8-12(21)14(19)22/h10-13H,4-9H2,1-3H3,(H2,19,22)(H,20,24)/t10-,12-,13+/m0/s1. The molecule has 1 saturated carbocycles. The van der Waals surface area contributed by atoms with Crippen LogP contribution in [0, 0.1) is 5.41 Å². The van der Waals surface area contributed by atoms with Gasteiger partial charge < -0.3 is 20.7 Å². The number of nitrogens with zero attached hydrogens (tertiary/aromatic N) is 1. The molecule has 8 heteroatoms. The van der Waals surface area contributed by atoms with E-state index >= 15 is 0 Å². The smallest absolute Gasteiger partial charge is 0.408 e. The Balaban J connectivity index is 2.09. The maximum absolute atomic E-state index is 13.1. The van der Waals surface area contributed by atoms with Crippen LogP contribution in [0.5, 0.6) is 0 Å². The Kier molecular flexibility index (Phi) is 6.56. The van der Waals surface area contributed by atoms with Crippen molar-refractivity contribution in [2.75, 3.05) is 6.54 Å². The Morgan fingerprint density at radius 3 is 2.36 bits per heavy atom. The van der Waals surface area contributed by atoms with Crippen LogP contribution >= 0.6 is 22.6 Å². The first-order valence-corrected chi connectivity index (χ1v) is 10.0. The second-order valence-electron chi connectivity index (χ2n) is 8.00. The van der Waals surface area contributed by atoms with Gasteiger partial charge in [-0.2, -0.15) is 0 Å². The summed E-state index contributed by atoms with van der Waals surface area (Å²) >= 11 is 2.22. The fourth-order valence-electron chi connectivity index (χ4n) is 3.42. The molecule has 0 bridgehead atoms. The van der Waals surface area contributed by atoms with Crippen molar-refractivity contribution in [2.45, 2.75) is 75.0 Å². The first kappa shape index (κ1) is 20.3. The summed E-state index contributed by atoms with van der Waals surface area (Å²) in [5.74, 6) is -0.785. The Hall–Kier alpha value is -1.06. The zero-order valence-corrected chi connectivity index (χ0v) is 17.2. The van der Waals surface area contributed by atoms with Crippen LogP contribution in [0.25, 0.3) is 0 Å². The maximum Gasteiger partial charge on any atom is 0.408 e. The quantitative estimate of drug-likeness (QED) is 0.490. The number of ether oxygens (including phenoxy) is 1. The van der Waals surface area contributed by atoms with Crippen LogP contribution in [0.4, 0.5) is 4.79 Å². The van der Waals surface area contributed by atoms with Crippen molar-refractivity contribution in [1.82, 2.24) is 10.2 Å². The molecular formula is C17H28IN3O4. The third-order valence-electron chi connectivity index (χ3n) is 4.81. The zero-order valence-electron chi connectivity index (χ0n) is 15.1. The van der Waals surface area contributed by atoms with Crippen molar-refractivity contribution in [3.8, 4) is 0 Å². The van der Waals surface area contributed by atoms with Gasteiger partial charge in [0.1, 0.15) is 18.2 Å². The van der Waals surface area contributed by atoms with E-state index in [9.17, 15) is 14.4 Å². The van der Waals surface area contributed by atoms with Crippen molar-refractivity contribution in [3.05, 3.63) is 0 Å². The normalized spacial score (nSPS) is 25.7. The Bertz CT molecular complexity index is 528. The lowest BCUT2D eigenvalue weighted by Gasteiger charge is -2.35. The first-order valence-electron chi connectivity index (χ1n) is 8.80. The van der Waals surface area contributed by atoms with Gasteiger partial charge in [-0.15, -0.1) is 0 Å². The summed E-state index contributed by atoms with van der Waals surface area (Å²) in [5.41, 5.74) is 4.94. The maximum atomic E-state index is 13.1. The van der Waals surface area contributed by atoms with Crippen LogP contribution in [-0.2, 0) is 14.3 Å². The largest absolute Gasteiger partial charge is 0.446 e. The number of alkyl halides is 1. The molecule has 1 saturated heterocycles. The van der Waals surface area contributed by atoms with Crippen LogP contribution in [0.1, 0.15) is 52.9 Å². The molecule has 142 valence electrons. The third-order valence-corrected chi connectivity index (χ3v) is 5.72. The molecule has 0 aromatic rings. The van der Waals surface area contributed by atoms with E-state index in [1.807, 2.05) is 20.8 Å². The van der Waals surface area contributed by atoms with Crippen LogP contribution < -0.4 is 11.1 Å². The molecule has 2 rings (SSSR count). The molecular weight excluding hydrogens is 437 g/mol. The van der Waals surface area contributed by atoms with Gasteiger partial charge in [0.15, 0.2) is 0 Å². The Labute approximate surface area is 162 Å². The molecule has 1 aliphatic carbocycles. The summed E-state index contributed by atoms with van der Waals surface area (Å²) in [6, 6.07) is -1.39. The molecule has 0 unspecified atom stereocenters. The molecule has 7 nitrogen and oxygen atoms in total. The molecule has 0 spiro atoms. The number of nitrogens with one attached hydrogen (secondary N) is 1. The van der Waals surface area contributed by atoms with Gasteiger partial charge in [0.2, 0.25) is 11.8 Å². The highest BCUT2D eigenvalue weighted by atomic mass is 127. The summed E-state index contributed by atoms with van der Waals surface area (Å²) in [6.45, 7) is 6.09. The van der Waals surface area contributed by atoms with Crippen LogP contribution in [0.15, 0.2) is 0 Å². The number of hydrogen-bond acceptors (Lipinski definition) is 4. The average Bonchev–Trinajstić information content (AvgIpc) is 3.12. The average molecular weight is 465 g/mol. The lowest BCUT2D eigenvalue weighted by atomic mass is 9.85. The van der Waals surface area contributed by atoms with Gasteiger partial charge in [0.25, 0.3) is 0 Å². The van der Waals surface area contributed by atoms with Gasteiger partial charge >= 0.3 is 6.09 Å². The minimum Gasteiger partial charge on any atom is -0.446 e. The molecule has 3 N–H and O–H groups in total. The zero-order chi connectivity index (χ0) is 18.8. The van der Waals surface area contributed by atoms with Gasteiger partial charge in [-0.3, -0.25) is 9.59 Å². The molecule has 3 amide bonds. The van der Waals surface area contributed by atoms with Gasteiger partial charge in [-0.25, -0.2) is 4.79 Å². The Morgan fingerprint density at radius 2 is 1.84 bits per heavy atom. The Morgan fingerprint density at radius 1 is 1.24 bits per heavy atom. The summed E-state index contributed by atoms with van der Waals surface area (Å²) < 4.78 is 5.60. The number of alkyl carbamates (subject to hydrolysis) is 1. The molecule has 2 fully saturated rings. The highest BCUT2D eigenvalue weighted by molar-refractivity contribution is 14.1. The number of halogens is 1. The van der Waals surface area contributed by atoms with E-state index in [1.54, 1.807) is 0 Å². The highest BCUT2D eigenvalue weighted by Crippen LogP contribution is 2.29. The van der Waals surface area contributed by atoms with Crippen LogP contribution in [0.2, 0.25) is 0 Å². The summed E-state index contributed by atoms with van der Waals surface area (Å²) in [4.78, 5) is 38.5. The first-order chi connectivity index (χ1) is 11.6. The van der Waals surface area contributed by atoms with E-state index in [0.717, 1.165) is 25.7 Å². The molecule has 1 aliphatic heterocycles. The van der Waals surface area contributed by atoms with Gasteiger partial charge in [-0.1, -0.05) is 43.4 Å². The fourth-order valence-corrected chi connectivity index (χ4v) is 4.33. The number of nitrogens with two attached hydrogens (primary N) is 1. The van der Waals surface area contributed by atoms with E-state index in [-0.39, 0.29) is 15.9 Å². The lowest BCUT2D eigenvalue weighted by molar-refractivity contribution is -0.141. The number of primary amides is 1.